The van der Waals surface area contributed by atoms with E-state index >= 15 is 0 Å². The van der Waals surface area contributed by atoms with E-state index in [4.69, 9.17) is 57.3 Å². The summed E-state index contributed by atoms with van der Waals surface area (Å²) < 4.78 is 0. The zero-order chi connectivity index (χ0) is 63.9. The minimum Gasteiger partial charge on any atom is -0.396 e. The van der Waals surface area contributed by atoms with Crippen molar-refractivity contribution in [2.45, 2.75) is 201 Å². The molecule has 0 saturated carbocycles. The lowest BCUT2D eigenvalue weighted by Gasteiger charge is -2.28. The number of aliphatic hydroxyl groups excluding tert-OH is 1. The number of Topliss-reactive ketones (excluding diaryl/α,β-unsaturated/α-hetero) is 3. The topological polar surface area (TPSA) is 515 Å². The predicted octanol–water partition coefficient (Wildman–Crippen LogP) is 0.0337. The number of unbranched alkanes of at least 4 members (excludes halogenated alkanes) is 1. The molecule has 0 radical (unpaired) electrons. The van der Waals surface area contributed by atoms with Gasteiger partial charge in [-0.25, -0.2) is 0 Å². The van der Waals surface area contributed by atoms with E-state index in [1.165, 1.54) is 0 Å². The summed E-state index contributed by atoms with van der Waals surface area (Å²) in [5.41, 5.74) is 56.2. The van der Waals surface area contributed by atoms with E-state index in [-0.39, 0.29) is 168 Å². The Balaban J connectivity index is 7.27. The maximum atomic E-state index is 14.8. The number of nitrogens with one attached hydrogen (secondary N) is 4. The fourth-order valence-corrected chi connectivity index (χ4v) is 9.90. The first-order chi connectivity index (χ1) is 39.5. The van der Waals surface area contributed by atoms with Crippen LogP contribution in [0.2, 0.25) is 0 Å². The van der Waals surface area contributed by atoms with Gasteiger partial charge < -0.3 is 83.7 Å². The molecule has 0 unspecified atom stereocenters. The van der Waals surface area contributed by atoms with Gasteiger partial charge in [0, 0.05) is 75.2 Å². The standard InChI is InChI=1S/C57H110N18O9/c1-8-37(27-34(2)3)50(81)73-43(18-13-25-70-56(64)65)46(77)30-38(15-9-10-22-58)52(83)74-44(19-14-26-71-57(66)67)47(78)31-39(16-11-23-68-54(60)61)51(82)72-42(17-12-24-69-55(62)63)21-20-40(28-35(4)5)53(84)75-45(29-36(6)7)48(79)32-41(33-76)49(59)80/h34-45,76H,8-33,58H2,1-7H3,(H2,59,80)(H,72,82)(H,73,81)(H,74,83)(H,75,84)(H4,60,61,68)(H4,62,63,69)(H4,64,65,70)(H4,66,67,71)/t37-,38+,39+,40-,41-,42-,43-,44-,45-/m0/s1. The van der Waals surface area contributed by atoms with Crippen molar-refractivity contribution in [1.82, 2.24) is 21.3 Å². The first kappa shape index (κ1) is 77.4. The first-order valence-corrected chi connectivity index (χ1v) is 30.2. The zero-order valence-electron chi connectivity index (χ0n) is 51.6. The molecule has 5 amide bonds. The number of hydrogen-bond acceptors (Lipinski definition) is 14. The number of nitrogens with zero attached hydrogens (tertiary/aromatic N) is 4. The molecule has 27 nitrogen and oxygen atoms in total. The van der Waals surface area contributed by atoms with Crippen LogP contribution in [0.4, 0.5) is 0 Å². The maximum Gasteiger partial charge on any atom is 0.224 e. The van der Waals surface area contributed by atoms with Crippen molar-refractivity contribution in [3.63, 3.8) is 0 Å². The highest BCUT2D eigenvalue weighted by molar-refractivity contribution is 5.96. The summed E-state index contributed by atoms with van der Waals surface area (Å²) in [5.74, 6) is -8.12. The second-order valence-corrected chi connectivity index (χ2v) is 23.4. The number of amides is 5. The van der Waals surface area contributed by atoms with Crippen molar-refractivity contribution >= 4 is 70.7 Å². The number of primary amides is 1. The van der Waals surface area contributed by atoms with Gasteiger partial charge in [0.1, 0.15) is 0 Å². The quantitative estimate of drug-likeness (QED) is 0.0217. The van der Waals surface area contributed by atoms with Crippen molar-refractivity contribution in [2.75, 3.05) is 39.3 Å². The van der Waals surface area contributed by atoms with Crippen LogP contribution in [-0.2, 0) is 38.4 Å². The second kappa shape index (κ2) is 43.9. The van der Waals surface area contributed by atoms with Crippen LogP contribution in [0.5, 0.6) is 0 Å². The van der Waals surface area contributed by atoms with Gasteiger partial charge in [-0.2, -0.15) is 0 Å². The molecule has 27 heteroatoms. The van der Waals surface area contributed by atoms with Gasteiger partial charge in [0.2, 0.25) is 29.5 Å². The monoisotopic (exact) mass is 1190 g/mol. The average molecular weight is 1190 g/mol. The van der Waals surface area contributed by atoms with E-state index in [9.17, 15) is 43.5 Å². The molecule has 482 valence electrons. The number of nitrogens with two attached hydrogens (primary N) is 10. The Morgan fingerprint density at radius 2 is 0.750 bits per heavy atom. The molecule has 84 heavy (non-hydrogen) atoms. The molecule has 25 N–H and O–H groups in total. The lowest BCUT2D eigenvalue weighted by molar-refractivity contribution is -0.135. The third kappa shape index (κ3) is 36.2. The van der Waals surface area contributed by atoms with E-state index < -0.39 is 83.7 Å². The molecular weight excluding hydrogens is 1080 g/mol. The fraction of sp³-hybridized carbons (Fsp3) is 0.789. The number of guanidine groups is 4. The van der Waals surface area contributed by atoms with Gasteiger partial charge in [0.05, 0.1) is 30.7 Å². The summed E-state index contributed by atoms with van der Waals surface area (Å²) >= 11 is 0. The third-order valence-electron chi connectivity index (χ3n) is 14.4. The first-order valence-electron chi connectivity index (χ1n) is 30.2. The van der Waals surface area contributed by atoms with Gasteiger partial charge in [-0.15, -0.1) is 0 Å². The number of carbonyl (C=O) groups excluding carboxylic acids is 8. The zero-order valence-corrected chi connectivity index (χ0v) is 51.6. The molecule has 0 spiro atoms. The molecule has 0 aromatic carbocycles. The van der Waals surface area contributed by atoms with E-state index in [0.717, 1.165) is 0 Å². The highest BCUT2D eigenvalue weighted by atomic mass is 16.3. The van der Waals surface area contributed by atoms with Crippen LogP contribution in [0.3, 0.4) is 0 Å². The number of ketones is 3. The molecule has 0 aliphatic carbocycles. The number of aliphatic hydroxyl groups is 1. The minimum atomic E-state index is -1.16. The Bertz CT molecular complexity index is 2120. The normalized spacial score (nSPS) is 14.5. The minimum absolute atomic E-state index is 0.0174. The van der Waals surface area contributed by atoms with Crippen LogP contribution in [0, 0.1) is 47.3 Å². The summed E-state index contributed by atoms with van der Waals surface area (Å²) in [4.78, 5) is 128. The average Bonchev–Trinajstić information content (AvgIpc) is 3.57. The Morgan fingerprint density at radius 3 is 1.15 bits per heavy atom. The molecule has 0 aromatic heterocycles. The van der Waals surface area contributed by atoms with Crippen LogP contribution >= 0.6 is 0 Å². The van der Waals surface area contributed by atoms with Crippen LogP contribution in [-0.4, -0.2) is 139 Å². The van der Waals surface area contributed by atoms with Crippen molar-refractivity contribution < 1.29 is 43.5 Å². The van der Waals surface area contributed by atoms with Crippen LogP contribution < -0.4 is 78.6 Å². The Hall–Kier alpha value is -6.64. The van der Waals surface area contributed by atoms with Gasteiger partial charge in [0.15, 0.2) is 41.2 Å². The number of carbonyl (C=O) groups is 8. The number of hydrogen-bond donors (Lipinski definition) is 15. The second-order valence-electron chi connectivity index (χ2n) is 23.4. The smallest absolute Gasteiger partial charge is 0.224 e. The molecule has 0 aliphatic rings. The van der Waals surface area contributed by atoms with Gasteiger partial charge in [-0.05, 0) is 127 Å². The molecule has 0 rings (SSSR count). The van der Waals surface area contributed by atoms with Crippen molar-refractivity contribution in [1.29, 1.82) is 0 Å². The van der Waals surface area contributed by atoms with Crippen LogP contribution in [0.15, 0.2) is 20.0 Å². The molecule has 9 atom stereocenters. The highest BCUT2D eigenvalue weighted by Crippen LogP contribution is 2.25. The Labute approximate surface area is 498 Å². The number of aliphatic imine (C=N–C) groups is 4. The lowest BCUT2D eigenvalue weighted by Crippen LogP contribution is -2.48. The molecule has 0 aliphatic heterocycles. The third-order valence-corrected chi connectivity index (χ3v) is 14.4. The maximum absolute atomic E-state index is 14.8. The summed E-state index contributed by atoms with van der Waals surface area (Å²) in [7, 11) is 0. The van der Waals surface area contributed by atoms with Gasteiger partial charge in [0.25, 0.3) is 0 Å². The molecule has 0 saturated heterocycles. The molecule has 0 bridgehead atoms. The van der Waals surface area contributed by atoms with E-state index in [1.807, 2.05) is 48.5 Å². The molecular formula is C57H110N18O9. The Kier molecular flexibility index (Phi) is 40.5. The number of rotatable bonds is 49. The lowest BCUT2D eigenvalue weighted by atomic mass is 9.87. The predicted molar refractivity (Wildman–Crippen MR) is 331 cm³/mol. The largest absolute Gasteiger partial charge is 0.396 e. The summed E-state index contributed by atoms with van der Waals surface area (Å²) in [6.45, 7) is 14.1. The molecule has 0 aromatic rings. The Morgan fingerprint density at radius 1 is 0.393 bits per heavy atom. The summed E-state index contributed by atoms with van der Waals surface area (Å²) in [5, 5.41) is 21.7. The van der Waals surface area contributed by atoms with Gasteiger partial charge >= 0.3 is 0 Å². The summed E-state index contributed by atoms with van der Waals surface area (Å²) in [6, 6.07) is -3.63. The fourth-order valence-electron chi connectivity index (χ4n) is 9.90. The van der Waals surface area contributed by atoms with E-state index in [2.05, 4.69) is 41.2 Å². The SMILES string of the molecule is CC[C@@H](CC(C)C)C(=O)N[C@@H](CCCN=C(N)N)C(=O)C[C@@H](CCCCN)C(=O)N[C@@H](CCCN=C(N)N)C(=O)C[C@@H](CCCN=C(N)N)C(=O)N[C@@H](CCCN=C(N)N)CC[C@@H](CC(C)C)C(=O)N[C@@H](CC(C)C)C(=O)C[C@@H](CO)C(N)=O. The van der Waals surface area contributed by atoms with Gasteiger partial charge in [-0.1, -0.05) is 54.9 Å². The van der Waals surface area contributed by atoms with E-state index in [0.29, 0.717) is 57.9 Å². The van der Waals surface area contributed by atoms with E-state index in [1.54, 1.807) is 0 Å². The summed E-state index contributed by atoms with van der Waals surface area (Å²) in [6.07, 6.45) is 4.86. The van der Waals surface area contributed by atoms with Crippen LogP contribution in [0.25, 0.3) is 0 Å². The van der Waals surface area contributed by atoms with Crippen molar-refractivity contribution in [2.24, 2.45) is 125 Å². The van der Waals surface area contributed by atoms with Crippen molar-refractivity contribution in [3.05, 3.63) is 0 Å². The highest BCUT2D eigenvalue weighted by Gasteiger charge is 2.35. The van der Waals surface area contributed by atoms with Gasteiger partial charge in [-0.3, -0.25) is 58.3 Å². The van der Waals surface area contributed by atoms with Crippen molar-refractivity contribution in [3.8, 4) is 0 Å². The molecule has 0 heterocycles. The van der Waals surface area contributed by atoms with Crippen LogP contribution in [0.1, 0.15) is 177 Å². The molecule has 0 fully saturated rings.